The van der Waals surface area contributed by atoms with E-state index in [4.69, 9.17) is 0 Å². The Labute approximate surface area is 144 Å². The van der Waals surface area contributed by atoms with Gasteiger partial charge in [0.1, 0.15) is 0 Å². The molecule has 138 valence electrons. The molecule has 0 aliphatic carbocycles. The van der Waals surface area contributed by atoms with Crippen molar-refractivity contribution in [1.82, 2.24) is 9.21 Å². The van der Waals surface area contributed by atoms with Crippen LogP contribution in [0, 0.1) is 0 Å². The smallest absolute Gasteiger partial charge is 0.337 e. The van der Waals surface area contributed by atoms with Gasteiger partial charge in [-0.25, -0.2) is 8.42 Å². The molecule has 1 amide bonds. The fourth-order valence-electron chi connectivity index (χ4n) is 2.55. The van der Waals surface area contributed by atoms with Crippen molar-refractivity contribution in [2.75, 3.05) is 26.2 Å². The summed E-state index contributed by atoms with van der Waals surface area (Å²) in [5, 5.41) is 0. The summed E-state index contributed by atoms with van der Waals surface area (Å²) in [7, 11) is -4.29. The zero-order valence-corrected chi connectivity index (χ0v) is 14.7. The van der Waals surface area contributed by atoms with Crippen LogP contribution in [0.2, 0.25) is 0 Å². The molecule has 9 heteroatoms. The molecule has 0 unspecified atom stereocenters. The molecule has 1 aromatic rings. The van der Waals surface area contributed by atoms with E-state index in [0.717, 1.165) is 28.1 Å². The van der Waals surface area contributed by atoms with Crippen LogP contribution < -0.4 is 0 Å². The fourth-order valence-corrected chi connectivity index (χ4v) is 4.19. The number of halogens is 3. The van der Waals surface area contributed by atoms with Crippen molar-refractivity contribution < 1.29 is 26.4 Å². The molecule has 1 aliphatic heterocycles. The maximum absolute atomic E-state index is 13.1. The van der Waals surface area contributed by atoms with Crippen molar-refractivity contribution in [3.05, 3.63) is 41.5 Å². The maximum atomic E-state index is 13.1. The topological polar surface area (TPSA) is 57.7 Å². The number of alkyl halides is 3. The van der Waals surface area contributed by atoms with E-state index < -0.39 is 26.7 Å². The van der Waals surface area contributed by atoms with E-state index >= 15 is 0 Å². The van der Waals surface area contributed by atoms with Crippen LogP contribution in [0.1, 0.15) is 19.4 Å². The van der Waals surface area contributed by atoms with Crippen LogP contribution in [0.5, 0.6) is 0 Å². The van der Waals surface area contributed by atoms with Crippen LogP contribution in [0.4, 0.5) is 13.2 Å². The molecular weight excluding hydrogens is 357 g/mol. The number of allylic oxidation sites excluding steroid dienone is 1. The first-order chi connectivity index (χ1) is 11.5. The second kappa shape index (κ2) is 7.17. The number of hydrogen-bond donors (Lipinski definition) is 0. The Kier molecular flexibility index (Phi) is 5.58. The summed E-state index contributed by atoms with van der Waals surface area (Å²) < 4.78 is 65.5. The molecule has 5 nitrogen and oxygen atoms in total. The SMILES string of the molecule is CC(C)=CC(=O)N1CCN(S(=O)(=O)c2ccccc2C(F)(F)F)CC1. The number of amides is 1. The third-order valence-corrected chi connectivity index (χ3v) is 5.73. The highest BCUT2D eigenvalue weighted by molar-refractivity contribution is 7.89. The Morgan fingerprint density at radius 2 is 1.64 bits per heavy atom. The van der Waals surface area contributed by atoms with Crippen LogP contribution in [0.25, 0.3) is 0 Å². The summed E-state index contributed by atoms with van der Waals surface area (Å²) in [6, 6.07) is 4.12. The van der Waals surface area contributed by atoms with Gasteiger partial charge in [-0.2, -0.15) is 17.5 Å². The summed E-state index contributed by atoms with van der Waals surface area (Å²) >= 11 is 0. The fraction of sp³-hybridized carbons (Fsp3) is 0.438. The maximum Gasteiger partial charge on any atom is 0.417 e. The molecule has 1 heterocycles. The lowest BCUT2D eigenvalue weighted by atomic mass is 10.2. The van der Waals surface area contributed by atoms with Crippen LogP contribution in [-0.4, -0.2) is 49.7 Å². The average molecular weight is 376 g/mol. The number of nitrogens with zero attached hydrogens (tertiary/aromatic N) is 2. The van der Waals surface area contributed by atoms with Crippen molar-refractivity contribution in [3.8, 4) is 0 Å². The molecule has 1 saturated heterocycles. The highest BCUT2D eigenvalue weighted by Crippen LogP contribution is 2.35. The predicted molar refractivity (Wildman–Crippen MR) is 86.2 cm³/mol. The Hall–Kier alpha value is -1.87. The Morgan fingerprint density at radius 1 is 1.08 bits per heavy atom. The summed E-state index contributed by atoms with van der Waals surface area (Å²) in [6.07, 6.45) is -3.31. The quantitative estimate of drug-likeness (QED) is 0.762. The predicted octanol–water partition coefficient (Wildman–Crippen LogP) is 2.50. The number of sulfonamides is 1. The van der Waals surface area contributed by atoms with Crippen molar-refractivity contribution in [3.63, 3.8) is 0 Å². The summed E-state index contributed by atoms with van der Waals surface area (Å²) in [5.41, 5.74) is -0.364. The number of piperazine rings is 1. The van der Waals surface area contributed by atoms with E-state index in [1.807, 2.05) is 0 Å². The van der Waals surface area contributed by atoms with Crippen LogP contribution in [0.3, 0.4) is 0 Å². The molecule has 0 N–H and O–H groups in total. The lowest BCUT2D eigenvalue weighted by Crippen LogP contribution is -2.50. The van der Waals surface area contributed by atoms with Crippen molar-refractivity contribution in [1.29, 1.82) is 0 Å². The number of benzene rings is 1. The molecule has 1 aromatic carbocycles. The summed E-state index contributed by atoms with van der Waals surface area (Å²) in [4.78, 5) is 12.7. The van der Waals surface area contributed by atoms with Gasteiger partial charge in [0.2, 0.25) is 15.9 Å². The van der Waals surface area contributed by atoms with Gasteiger partial charge < -0.3 is 4.90 Å². The minimum Gasteiger partial charge on any atom is -0.337 e. The van der Waals surface area contributed by atoms with Gasteiger partial charge in [-0.15, -0.1) is 0 Å². The van der Waals surface area contributed by atoms with Crippen molar-refractivity contribution >= 4 is 15.9 Å². The summed E-state index contributed by atoms with van der Waals surface area (Å²) in [5.74, 6) is -0.229. The lowest BCUT2D eigenvalue weighted by Gasteiger charge is -2.34. The van der Waals surface area contributed by atoms with Gasteiger partial charge in [0.15, 0.2) is 0 Å². The lowest BCUT2D eigenvalue weighted by molar-refractivity contribution is -0.139. The minimum atomic E-state index is -4.76. The molecule has 0 bridgehead atoms. The average Bonchev–Trinajstić information content (AvgIpc) is 2.53. The van der Waals surface area contributed by atoms with E-state index in [0.29, 0.717) is 0 Å². The first-order valence-corrected chi connectivity index (χ1v) is 9.07. The third kappa shape index (κ3) is 4.40. The van der Waals surface area contributed by atoms with E-state index in [9.17, 15) is 26.4 Å². The zero-order chi connectivity index (χ0) is 18.8. The monoisotopic (exact) mass is 376 g/mol. The molecule has 1 fully saturated rings. The van der Waals surface area contributed by atoms with Crippen LogP contribution in [0.15, 0.2) is 40.8 Å². The van der Waals surface area contributed by atoms with E-state index in [-0.39, 0.29) is 32.1 Å². The first-order valence-electron chi connectivity index (χ1n) is 7.63. The van der Waals surface area contributed by atoms with Crippen LogP contribution in [-0.2, 0) is 21.0 Å². The Balaban J connectivity index is 2.21. The number of rotatable bonds is 3. The van der Waals surface area contributed by atoms with Gasteiger partial charge in [-0.05, 0) is 26.0 Å². The van der Waals surface area contributed by atoms with Gasteiger partial charge >= 0.3 is 6.18 Å². The molecule has 0 saturated carbocycles. The Bertz CT molecular complexity index is 776. The van der Waals surface area contributed by atoms with E-state index in [2.05, 4.69) is 0 Å². The molecule has 2 rings (SSSR count). The van der Waals surface area contributed by atoms with Crippen molar-refractivity contribution in [2.45, 2.75) is 24.9 Å². The second-order valence-corrected chi connectivity index (χ2v) is 7.85. The first kappa shape index (κ1) is 19.5. The Morgan fingerprint density at radius 3 is 2.16 bits per heavy atom. The van der Waals surface area contributed by atoms with Gasteiger partial charge in [0.05, 0.1) is 10.5 Å². The molecule has 1 aliphatic rings. The van der Waals surface area contributed by atoms with Gasteiger partial charge in [0, 0.05) is 32.3 Å². The third-order valence-electron chi connectivity index (χ3n) is 3.77. The number of carbonyl (C=O) groups is 1. The molecule has 0 spiro atoms. The van der Waals surface area contributed by atoms with Gasteiger partial charge in [-0.3, -0.25) is 4.79 Å². The molecule has 0 radical (unpaired) electrons. The zero-order valence-electron chi connectivity index (χ0n) is 13.9. The molecular formula is C16H19F3N2O3S. The molecule has 25 heavy (non-hydrogen) atoms. The largest absolute Gasteiger partial charge is 0.417 e. The minimum absolute atomic E-state index is 0.0448. The number of carbonyl (C=O) groups excluding carboxylic acids is 1. The standard InChI is InChI=1S/C16H19F3N2O3S/c1-12(2)11-15(22)20-7-9-21(10-8-20)25(23,24)14-6-4-3-5-13(14)16(17,18)19/h3-6,11H,7-10H2,1-2H3. The van der Waals surface area contributed by atoms with Gasteiger partial charge in [-0.1, -0.05) is 17.7 Å². The van der Waals surface area contributed by atoms with Crippen molar-refractivity contribution in [2.24, 2.45) is 0 Å². The molecule has 0 atom stereocenters. The normalized spacial score (nSPS) is 16.6. The van der Waals surface area contributed by atoms with Crippen LogP contribution >= 0.6 is 0 Å². The molecule has 0 aromatic heterocycles. The van der Waals surface area contributed by atoms with E-state index in [1.165, 1.54) is 17.0 Å². The number of hydrogen-bond acceptors (Lipinski definition) is 3. The highest BCUT2D eigenvalue weighted by Gasteiger charge is 2.39. The highest BCUT2D eigenvalue weighted by atomic mass is 32.2. The van der Waals surface area contributed by atoms with Gasteiger partial charge in [0.25, 0.3) is 0 Å². The second-order valence-electron chi connectivity index (χ2n) is 5.94. The van der Waals surface area contributed by atoms with E-state index in [1.54, 1.807) is 13.8 Å². The summed E-state index contributed by atoms with van der Waals surface area (Å²) in [6.45, 7) is 3.72.